The quantitative estimate of drug-likeness (QED) is 0.804. The van der Waals surface area contributed by atoms with Gasteiger partial charge in [0.15, 0.2) is 9.84 Å². The molecule has 0 spiro atoms. The Balaban J connectivity index is 1.30. The lowest BCUT2D eigenvalue weighted by Crippen LogP contribution is -2.54. The summed E-state index contributed by atoms with van der Waals surface area (Å²) in [5.41, 5.74) is 1.34. The standard InChI is InChI=1S/C22H29N3O3S/c1-17(22(26)23-20-9-14-29(27,28)16-20)25-12-10-24(11-13-25)15-19-7-4-6-18-5-2-3-8-21(18)19/h2-8,17,20H,9-16H2,1H3,(H,23,26). The van der Waals surface area contributed by atoms with Crippen LogP contribution in [0, 0.1) is 0 Å². The molecule has 6 nitrogen and oxygen atoms in total. The summed E-state index contributed by atoms with van der Waals surface area (Å²) in [6.07, 6.45) is 0.527. The van der Waals surface area contributed by atoms with Crippen LogP contribution in [-0.2, 0) is 21.2 Å². The van der Waals surface area contributed by atoms with E-state index in [0.29, 0.717) is 6.42 Å². The fourth-order valence-electron chi connectivity index (χ4n) is 4.38. The number of benzene rings is 2. The lowest BCUT2D eigenvalue weighted by atomic mass is 10.0. The van der Waals surface area contributed by atoms with E-state index in [1.54, 1.807) is 0 Å². The minimum absolute atomic E-state index is 0.0606. The second-order valence-electron chi connectivity index (χ2n) is 8.23. The zero-order valence-electron chi connectivity index (χ0n) is 16.9. The molecule has 29 heavy (non-hydrogen) atoms. The van der Waals surface area contributed by atoms with E-state index in [4.69, 9.17) is 0 Å². The van der Waals surface area contributed by atoms with E-state index in [0.717, 1.165) is 32.7 Å². The smallest absolute Gasteiger partial charge is 0.237 e. The van der Waals surface area contributed by atoms with E-state index >= 15 is 0 Å². The molecule has 0 aliphatic carbocycles. The first-order valence-corrected chi connectivity index (χ1v) is 12.2. The van der Waals surface area contributed by atoms with Gasteiger partial charge in [-0.25, -0.2) is 8.42 Å². The van der Waals surface area contributed by atoms with Crippen molar-refractivity contribution in [3.63, 3.8) is 0 Å². The molecule has 2 fully saturated rings. The number of rotatable bonds is 5. The number of carbonyl (C=O) groups is 1. The van der Waals surface area contributed by atoms with Crippen molar-refractivity contribution in [3.05, 3.63) is 48.0 Å². The van der Waals surface area contributed by atoms with Gasteiger partial charge >= 0.3 is 0 Å². The van der Waals surface area contributed by atoms with E-state index < -0.39 is 9.84 Å². The molecule has 156 valence electrons. The maximum atomic E-state index is 12.6. The molecular formula is C22H29N3O3S. The maximum absolute atomic E-state index is 12.6. The van der Waals surface area contributed by atoms with Crippen molar-refractivity contribution in [3.8, 4) is 0 Å². The predicted octanol–water partition coefficient (Wildman–Crippen LogP) is 1.65. The van der Waals surface area contributed by atoms with Crippen LogP contribution in [-0.4, -0.2) is 73.9 Å². The van der Waals surface area contributed by atoms with Gasteiger partial charge in [-0.05, 0) is 29.7 Å². The summed E-state index contributed by atoms with van der Waals surface area (Å²) >= 11 is 0. The third-order valence-corrected chi connectivity index (χ3v) is 7.95. The fraction of sp³-hybridized carbons (Fsp3) is 0.500. The molecule has 2 unspecified atom stereocenters. The zero-order chi connectivity index (χ0) is 20.4. The summed E-state index contributed by atoms with van der Waals surface area (Å²) < 4.78 is 23.2. The second-order valence-corrected chi connectivity index (χ2v) is 10.5. The molecule has 0 aromatic heterocycles. The number of amides is 1. The normalized spacial score (nSPS) is 23.8. The van der Waals surface area contributed by atoms with Crippen LogP contribution in [0.2, 0.25) is 0 Å². The second kappa shape index (κ2) is 8.42. The summed E-state index contributed by atoms with van der Waals surface area (Å²) in [5, 5.41) is 5.50. The van der Waals surface area contributed by atoms with Crippen LogP contribution < -0.4 is 5.32 Å². The molecule has 2 saturated heterocycles. The average Bonchev–Trinajstić information content (AvgIpc) is 3.06. The van der Waals surface area contributed by atoms with Gasteiger partial charge in [-0.15, -0.1) is 0 Å². The largest absolute Gasteiger partial charge is 0.351 e. The van der Waals surface area contributed by atoms with Crippen molar-refractivity contribution >= 4 is 26.5 Å². The number of hydrogen-bond donors (Lipinski definition) is 1. The number of nitrogens with zero attached hydrogens (tertiary/aromatic N) is 2. The molecule has 2 aliphatic rings. The first-order chi connectivity index (χ1) is 13.9. The van der Waals surface area contributed by atoms with Crippen LogP contribution in [0.25, 0.3) is 10.8 Å². The highest BCUT2D eigenvalue weighted by molar-refractivity contribution is 7.91. The summed E-state index contributed by atoms with van der Waals surface area (Å²) in [4.78, 5) is 17.2. The first kappa shape index (κ1) is 20.3. The number of hydrogen-bond acceptors (Lipinski definition) is 5. The topological polar surface area (TPSA) is 69.7 Å². The van der Waals surface area contributed by atoms with Crippen molar-refractivity contribution in [2.75, 3.05) is 37.7 Å². The third kappa shape index (κ3) is 4.79. The van der Waals surface area contributed by atoms with Gasteiger partial charge in [0, 0.05) is 38.8 Å². The minimum atomic E-state index is -2.98. The zero-order valence-corrected chi connectivity index (χ0v) is 17.7. The molecule has 2 aromatic carbocycles. The molecule has 1 amide bonds. The molecule has 2 aliphatic heterocycles. The summed E-state index contributed by atoms with van der Waals surface area (Å²) in [6, 6.07) is 14.5. The molecule has 2 heterocycles. The Morgan fingerprint density at radius 2 is 1.83 bits per heavy atom. The van der Waals surface area contributed by atoms with Gasteiger partial charge in [-0.3, -0.25) is 14.6 Å². The molecule has 2 atom stereocenters. The Labute approximate surface area is 172 Å². The highest BCUT2D eigenvalue weighted by atomic mass is 32.2. The van der Waals surface area contributed by atoms with Crippen molar-refractivity contribution in [2.45, 2.75) is 32.0 Å². The molecular weight excluding hydrogens is 386 g/mol. The lowest BCUT2D eigenvalue weighted by Gasteiger charge is -2.37. The first-order valence-electron chi connectivity index (χ1n) is 10.4. The van der Waals surface area contributed by atoms with Gasteiger partial charge in [-0.2, -0.15) is 0 Å². The third-order valence-electron chi connectivity index (χ3n) is 6.19. The Bertz CT molecular complexity index is 978. The van der Waals surface area contributed by atoms with E-state index in [1.165, 1.54) is 16.3 Å². The highest BCUT2D eigenvalue weighted by Crippen LogP contribution is 2.21. The van der Waals surface area contributed by atoms with Crippen LogP contribution in [0.3, 0.4) is 0 Å². The summed E-state index contributed by atoms with van der Waals surface area (Å²) in [7, 11) is -2.98. The van der Waals surface area contributed by atoms with Crippen LogP contribution in [0.15, 0.2) is 42.5 Å². The highest BCUT2D eigenvalue weighted by Gasteiger charge is 2.32. The SMILES string of the molecule is CC(C(=O)NC1CCS(=O)(=O)C1)N1CCN(Cc2cccc3ccccc23)CC1. The number of sulfone groups is 1. The van der Waals surface area contributed by atoms with Crippen molar-refractivity contribution < 1.29 is 13.2 Å². The van der Waals surface area contributed by atoms with Crippen LogP contribution in [0.5, 0.6) is 0 Å². The Kier molecular flexibility index (Phi) is 5.90. The monoisotopic (exact) mass is 415 g/mol. The van der Waals surface area contributed by atoms with E-state index in [1.807, 2.05) is 6.92 Å². The number of piperazine rings is 1. The van der Waals surface area contributed by atoms with Crippen LogP contribution in [0.1, 0.15) is 18.9 Å². The Morgan fingerprint density at radius 3 is 2.55 bits per heavy atom. The van der Waals surface area contributed by atoms with Gasteiger partial charge in [-0.1, -0.05) is 42.5 Å². The molecule has 1 N–H and O–H groups in total. The Morgan fingerprint density at radius 1 is 1.10 bits per heavy atom. The maximum Gasteiger partial charge on any atom is 0.237 e. The summed E-state index contributed by atoms with van der Waals surface area (Å²) in [5.74, 6) is 0.193. The molecule has 4 rings (SSSR count). The van der Waals surface area contributed by atoms with Gasteiger partial charge in [0.25, 0.3) is 0 Å². The lowest BCUT2D eigenvalue weighted by molar-refractivity contribution is -0.127. The average molecular weight is 416 g/mol. The number of nitrogens with one attached hydrogen (secondary N) is 1. The van der Waals surface area contributed by atoms with Crippen LogP contribution >= 0.6 is 0 Å². The molecule has 2 aromatic rings. The molecule has 0 bridgehead atoms. The predicted molar refractivity (Wildman–Crippen MR) is 115 cm³/mol. The summed E-state index contributed by atoms with van der Waals surface area (Å²) in [6.45, 7) is 6.33. The number of carbonyl (C=O) groups excluding carboxylic acids is 1. The van der Waals surface area contributed by atoms with Crippen molar-refractivity contribution in [2.24, 2.45) is 0 Å². The Hall–Kier alpha value is -1.96. The van der Waals surface area contributed by atoms with Gasteiger partial charge in [0.05, 0.1) is 17.5 Å². The van der Waals surface area contributed by atoms with Crippen LogP contribution in [0.4, 0.5) is 0 Å². The molecule has 7 heteroatoms. The fourth-order valence-corrected chi connectivity index (χ4v) is 6.05. The van der Waals surface area contributed by atoms with E-state index in [9.17, 15) is 13.2 Å². The van der Waals surface area contributed by atoms with Crippen molar-refractivity contribution in [1.29, 1.82) is 0 Å². The number of fused-ring (bicyclic) bond motifs is 1. The minimum Gasteiger partial charge on any atom is -0.351 e. The van der Waals surface area contributed by atoms with E-state index in [-0.39, 0.29) is 29.5 Å². The van der Waals surface area contributed by atoms with E-state index in [2.05, 4.69) is 57.6 Å². The molecule has 0 saturated carbocycles. The van der Waals surface area contributed by atoms with Gasteiger partial charge in [0.2, 0.25) is 5.91 Å². The van der Waals surface area contributed by atoms with Gasteiger partial charge < -0.3 is 5.32 Å². The van der Waals surface area contributed by atoms with Crippen molar-refractivity contribution in [1.82, 2.24) is 15.1 Å². The molecule has 0 radical (unpaired) electrons. The van der Waals surface area contributed by atoms with Gasteiger partial charge in [0.1, 0.15) is 0 Å².